The maximum absolute atomic E-state index is 5.42. The predicted octanol–water partition coefficient (Wildman–Crippen LogP) is 1.18. The average molecular weight is 183 g/mol. The van der Waals surface area contributed by atoms with Gasteiger partial charge in [0.15, 0.2) is 0 Å². The Bertz CT molecular complexity index is 374. The molecule has 0 bridgehead atoms. The van der Waals surface area contributed by atoms with Gasteiger partial charge in [0, 0.05) is 12.4 Å². The fourth-order valence-electron chi connectivity index (χ4n) is 0.724. The van der Waals surface area contributed by atoms with E-state index in [1.807, 2.05) is 0 Å². The lowest BCUT2D eigenvalue weighted by Crippen LogP contribution is -1.85. The molecule has 0 saturated carbocycles. The summed E-state index contributed by atoms with van der Waals surface area (Å²) in [5.41, 5.74) is 0.535. The smallest absolute Gasteiger partial charge is 0.320 e. The second-order valence-electron chi connectivity index (χ2n) is 1.96. The van der Waals surface area contributed by atoms with Crippen molar-refractivity contribution in [2.45, 2.75) is 0 Å². The number of aromatic nitrogens is 4. The van der Waals surface area contributed by atoms with Crippen molar-refractivity contribution in [3.63, 3.8) is 0 Å². The predicted molar refractivity (Wildman–Crippen MR) is 40.3 cm³/mol. The lowest BCUT2D eigenvalue weighted by atomic mass is 10.4. The Morgan fingerprint density at radius 3 is 2.83 bits per heavy atom. The molecular weight excluding hydrogens is 180 g/mol. The number of rotatable bonds is 1. The van der Waals surface area contributed by atoms with Gasteiger partial charge in [-0.25, -0.2) is 4.98 Å². The standard InChI is InChI=1S/C6H3ClN4O/c7-6-10-5(11-12-6)4-3-8-1-2-9-4/h1-3H. The van der Waals surface area contributed by atoms with E-state index in [9.17, 15) is 0 Å². The molecule has 0 unspecified atom stereocenters. The Kier molecular flexibility index (Phi) is 1.71. The molecule has 2 aromatic rings. The van der Waals surface area contributed by atoms with Gasteiger partial charge >= 0.3 is 5.35 Å². The van der Waals surface area contributed by atoms with E-state index in [1.165, 1.54) is 6.20 Å². The summed E-state index contributed by atoms with van der Waals surface area (Å²) >= 11 is 5.42. The molecule has 0 aliphatic heterocycles. The average Bonchev–Trinajstić information content (AvgIpc) is 2.54. The van der Waals surface area contributed by atoms with Gasteiger partial charge in [0.2, 0.25) is 5.82 Å². The van der Waals surface area contributed by atoms with E-state index in [-0.39, 0.29) is 5.35 Å². The topological polar surface area (TPSA) is 64.7 Å². The van der Waals surface area contributed by atoms with Gasteiger partial charge in [-0.15, -0.1) is 0 Å². The summed E-state index contributed by atoms with van der Waals surface area (Å²) in [5, 5.41) is 3.56. The van der Waals surface area contributed by atoms with Crippen molar-refractivity contribution in [1.82, 2.24) is 20.1 Å². The van der Waals surface area contributed by atoms with Crippen molar-refractivity contribution in [3.8, 4) is 11.5 Å². The van der Waals surface area contributed by atoms with Gasteiger partial charge in [0.05, 0.1) is 6.20 Å². The van der Waals surface area contributed by atoms with Crippen LogP contribution in [0.1, 0.15) is 0 Å². The maximum atomic E-state index is 5.42. The van der Waals surface area contributed by atoms with Crippen molar-refractivity contribution in [2.24, 2.45) is 0 Å². The minimum absolute atomic E-state index is 0.00402. The van der Waals surface area contributed by atoms with Crippen molar-refractivity contribution in [3.05, 3.63) is 23.9 Å². The Morgan fingerprint density at radius 1 is 1.33 bits per heavy atom. The van der Waals surface area contributed by atoms with Gasteiger partial charge in [-0.05, 0) is 11.6 Å². The van der Waals surface area contributed by atoms with Crippen LogP contribution in [0.3, 0.4) is 0 Å². The summed E-state index contributed by atoms with van der Waals surface area (Å²) in [6.07, 6.45) is 4.63. The van der Waals surface area contributed by atoms with E-state index in [2.05, 4.69) is 24.6 Å². The monoisotopic (exact) mass is 182 g/mol. The van der Waals surface area contributed by atoms with Gasteiger partial charge in [0.1, 0.15) is 5.69 Å². The van der Waals surface area contributed by atoms with Crippen LogP contribution in [0.15, 0.2) is 23.1 Å². The Labute approximate surface area is 72.4 Å². The number of hydrogen-bond donors (Lipinski definition) is 0. The fourth-order valence-corrected chi connectivity index (χ4v) is 0.838. The number of halogens is 1. The van der Waals surface area contributed by atoms with E-state index in [0.717, 1.165) is 0 Å². The van der Waals surface area contributed by atoms with Crippen molar-refractivity contribution >= 4 is 11.6 Å². The fraction of sp³-hybridized carbons (Fsp3) is 0. The molecule has 0 amide bonds. The highest BCUT2D eigenvalue weighted by Crippen LogP contribution is 2.12. The third-order valence-corrected chi connectivity index (χ3v) is 1.35. The molecule has 0 aliphatic carbocycles. The zero-order valence-electron chi connectivity index (χ0n) is 5.81. The van der Waals surface area contributed by atoms with Crippen LogP contribution in [0.5, 0.6) is 0 Å². The highest BCUT2D eigenvalue weighted by molar-refractivity contribution is 6.27. The molecule has 0 aliphatic rings. The SMILES string of the molecule is Clc1nc(-c2cnccn2)no1. The zero-order chi connectivity index (χ0) is 8.39. The molecule has 0 saturated heterocycles. The van der Waals surface area contributed by atoms with Crippen LogP contribution in [-0.2, 0) is 0 Å². The molecule has 2 rings (SSSR count). The lowest BCUT2D eigenvalue weighted by molar-refractivity contribution is 0.420. The summed E-state index contributed by atoms with van der Waals surface area (Å²) in [7, 11) is 0. The van der Waals surface area contributed by atoms with Gasteiger partial charge in [-0.2, -0.15) is 4.98 Å². The second kappa shape index (κ2) is 2.86. The van der Waals surface area contributed by atoms with Gasteiger partial charge < -0.3 is 4.52 Å². The van der Waals surface area contributed by atoms with Gasteiger partial charge in [-0.1, -0.05) is 5.16 Å². The molecule has 60 valence electrons. The lowest BCUT2D eigenvalue weighted by Gasteiger charge is -1.87. The van der Waals surface area contributed by atoms with Crippen molar-refractivity contribution in [2.75, 3.05) is 0 Å². The normalized spacial score (nSPS) is 10.1. The molecule has 6 heteroatoms. The molecule has 0 spiro atoms. The highest BCUT2D eigenvalue weighted by atomic mass is 35.5. The quantitative estimate of drug-likeness (QED) is 0.663. The summed E-state index contributed by atoms with van der Waals surface area (Å²) in [4.78, 5) is 11.6. The van der Waals surface area contributed by atoms with Gasteiger partial charge in [0.25, 0.3) is 0 Å². The molecule has 2 heterocycles. The van der Waals surface area contributed by atoms with Crippen LogP contribution < -0.4 is 0 Å². The molecule has 0 N–H and O–H groups in total. The minimum atomic E-state index is -0.00402. The molecule has 5 nitrogen and oxygen atoms in total. The van der Waals surface area contributed by atoms with E-state index in [1.54, 1.807) is 12.4 Å². The maximum Gasteiger partial charge on any atom is 0.320 e. The van der Waals surface area contributed by atoms with E-state index < -0.39 is 0 Å². The van der Waals surface area contributed by atoms with E-state index >= 15 is 0 Å². The molecular formula is C6H3ClN4O. The molecule has 12 heavy (non-hydrogen) atoms. The molecule has 0 radical (unpaired) electrons. The highest BCUT2D eigenvalue weighted by Gasteiger charge is 2.06. The van der Waals surface area contributed by atoms with E-state index in [4.69, 9.17) is 11.6 Å². The van der Waals surface area contributed by atoms with Crippen LogP contribution in [0.4, 0.5) is 0 Å². The first-order chi connectivity index (χ1) is 5.86. The first-order valence-electron chi connectivity index (χ1n) is 3.12. The van der Waals surface area contributed by atoms with Crippen LogP contribution in [0, 0.1) is 0 Å². The number of nitrogens with zero attached hydrogens (tertiary/aromatic N) is 4. The van der Waals surface area contributed by atoms with Crippen LogP contribution >= 0.6 is 11.6 Å². The summed E-state index contributed by atoms with van der Waals surface area (Å²) in [6, 6.07) is 0. The molecule has 0 aromatic carbocycles. The third-order valence-electron chi connectivity index (χ3n) is 1.19. The first-order valence-corrected chi connectivity index (χ1v) is 3.49. The summed E-state index contributed by atoms with van der Waals surface area (Å²) in [5.74, 6) is 0.341. The van der Waals surface area contributed by atoms with E-state index in [0.29, 0.717) is 11.5 Å². The Hall–Kier alpha value is -1.49. The molecule has 2 aromatic heterocycles. The van der Waals surface area contributed by atoms with Crippen LogP contribution in [-0.4, -0.2) is 20.1 Å². The van der Waals surface area contributed by atoms with Crippen LogP contribution in [0.25, 0.3) is 11.5 Å². The third kappa shape index (κ3) is 1.26. The largest absolute Gasteiger partial charge is 0.321 e. The van der Waals surface area contributed by atoms with Crippen LogP contribution in [0.2, 0.25) is 5.35 Å². The van der Waals surface area contributed by atoms with Crippen molar-refractivity contribution in [1.29, 1.82) is 0 Å². The zero-order valence-corrected chi connectivity index (χ0v) is 6.56. The Morgan fingerprint density at radius 2 is 2.25 bits per heavy atom. The summed E-state index contributed by atoms with van der Waals surface area (Å²) < 4.78 is 4.56. The second-order valence-corrected chi connectivity index (χ2v) is 2.28. The molecule has 0 fully saturated rings. The Balaban J connectivity index is 2.45. The molecule has 0 atom stereocenters. The van der Waals surface area contributed by atoms with Gasteiger partial charge in [-0.3, -0.25) is 4.98 Å². The number of hydrogen-bond acceptors (Lipinski definition) is 5. The first kappa shape index (κ1) is 7.17. The van der Waals surface area contributed by atoms with Crippen molar-refractivity contribution < 1.29 is 4.52 Å². The minimum Gasteiger partial charge on any atom is -0.321 e. The summed E-state index contributed by atoms with van der Waals surface area (Å²) in [6.45, 7) is 0.